The number of carbonyl (C=O) groups is 1. The number of hydrogen-bond donors (Lipinski definition) is 3. The zero-order valence-electron chi connectivity index (χ0n) is 16.5. The zero-order valence-corrected chi connectivity index (χ0v) is 16.5. The molecule has 2 spiro atoms. The lowest BCUT2D eigenvalue weighted by molar-refractivity contribution is -0.280. The third-order valence-corrected chi connectivity index (χ3v) is 10.6. The topological polar surface area (TPSA) is 90.2 Å². The second-order valence-electron chi connectivity index (χ2n) is 11.5. The Hall–Kier alpha value is -0.950. The largest absolute Gasteiger partial charge is 0.463 e. The van der Waals surface area contributed by atoms with Crippen LogP contribution < -0.4 is 0 Å². The number of ether oxygens (including phenoxy) is 1. The summed E-state index contributed by atoms with van der Waals surface area (Å²) in [6.45, 7) is 8.85. The van der Waals surface area contributed by atoms with Crippen LogP contribution in [0, 0.1) is 34.0 Å². The van der Waals surface area contributed by atoms with E-state index in [1.807, 2.05) is 0 Å². The molecule has 6 heteroatoms. The molecule has 0 radical (unpaired) electrons. The number of fused-ring (bicyclic) bond motifs is 1. The third kappa shape index (κ3) is 1.26. The van der Waals surface area contributed by atoms with E-state index in [1.54, 1.807) is 0 Å². The van der Waals surface area contributed by atoms with Gasteiger partial charge in [0.1, 0.15) is 11.7 Å². The predicted molar refractivity (Wildman–Crippen MR) is 97.9 cm³/mol. The van der Waals surface area contributed by atoms with Crippen molar-refractivity contribution in [3.63, 3.8) is 0 Å². The lowest BCUT2D eigenvalue weighted by atomic mass is 9.39. The summed E-state index contributed by atoms with van der Waals surface area (Å²) in [4.78, 5) is 14.3. The van der Waals surface area contributed by atoms with Gasteiger partial charge in [-0.1, -0.05) is 19.1 Å². The maximum Gasteiger partial charge on any atom is 0.302 e. The Balaban J connectivity index is 1.49. The maximum absolute atomic E-state index is 12.2. The van der Waals surface area contributed by atoms with Gasteiger partial charge in [-0.05, 0) is 37.0 Å². The van der Waals surface area contributed by atoms with Crippen molar-refractivity contribution in [3.8, 4) is 0 Å². The van der Waals surface area contributed by atoms with Gasteiger partial charge in [0, 0.05) is 48.2 Å². The molecule has 28 heavy (non-hydrogen) atoms. The Morgan fingerprint density at radius 3 is 2.71 bits per heavy atom. The molecule has 0 aromatic rings. The summed E-state index contributed by atoms with van der Waals surface area (Å²) in [5.41, 5.74) is -1.07. The number of piperidine rings is 2. The fourth-order valence-electron chi connectivity index (χ4n) is 11.0. The normalized spacial score (nSPS) is 69.3. The van der Waals surface area contributed by atoms with Crippen LogP contribution in [-0.2, 0) is 9.53 Å². The minimum atomic E-state index is -1.20. The molecule has 9 bridgehead atoms. The van der Waals surface area contributed by atoms with Gasteiger partial charge in [0.2, 0.25) is 0 Å². The van der Waals surface area contributed by atoms with Crippen molar-refractivity contribution in [1.82, 2.24) is 4.90 Å². The number of aliphatic hydroxyl groups excluding tert-OH is 2. The van der Waals surface area contributed by atoms with Crippen LogP contribution in [0.2, 0.25) is 0 Å². The monoisotopic (exact) mass is 387 g/mol. The highest BCUT2D eigenvalue weighted by molar-refractivity contribution is 5.66. The molecule has 9 fully saturated rings. The van der Waals surface area contributed by atoms with Gasteiger partial charge < -0.3 is 20.1 Å². The quantitative estimate of drug-likeness (QED) is 0.447. The Morgan fingerprint density at radius 1 is 1.25 bits per heavy atom. The molecular formula is C22H29NO5. The van der Waals surface area contributed by atoms with E-state index < -0.39 is 29.1 Å². The summed E-state index contributed by atoms with van der Waals surface area (Å²) in [6, 6.07) is 0.245. The van der Waals surface area contributed by atoms with Crippen molar-refractivity contribution in [2.24, 2.45) is 34.0 Å². The minimum Gasteiger partial charge on any atom is -0.463 e. The Labute approximate surface area is 164 Å². The van der Waals surface area contributed by atoms with E-state index in [9.17, 15) is 20.1 Å². The number of nitrogens with zero attached hydrogens (tertiary/aromatic N) is 1. The van der Waals surface area contributed by atoms with Gasteiger partial charge in [0.15, 0.2) is 0 Å². The molecule has 0 aromatic carbocycles. The molecule has 6 aliphatic carbocycles. The molecule has 0 aromatic heterocycles. The van der Waals surface area contributed by atoms with Crippen LogP contribution in [0.5, 0.6) is 0 Å². The van der Waals surface area contributed by atoms with Crippen LogP contribution in [-0.4, -0.2) is 68.7 Å². The Bertz CT molecular complexity index is 860. The summed E-state index contributed by atoms with van der Waals surface area (Å²) in [5.74, 6) is -0.379. The predicted octanol–water partition coefficient (Wildman–Crippen LogP) is 0.450. The van der Waals surface area contributed by atoms with Crippen molar-refractivity contribution < 1.29 is 24.9 Å². The number of esters is 1. The van der Waals surface area contributed by atoms with Crippen LogP contribution >= 0.6 is 0 Å². The highest BCUT2D eigenvalue weighted by Crippen LogP contribution is 2.88. The second kappa shape index (κ2) is 4.25. The summed E-state index contributed by atoms with van der Waals surface area (Å²) >= 11 is 0. The summed E-state index contributed by atoms with van der Waals surface area (Å²) in [7, 11) is 0. The number of hydrogen-bond acceptors (Lipinski definition) is 6. The average molecular weight is 387 g/mol. The summed E-state index contributed by atoms with van der Waals surface area (Å²) in [6.07, 6.45) is 1.27. The Kier molecular flexibility index (Phi) is 2.55. The lowest BCUT2D eigenvalue weighted by Gasteiger charge is -2.67. The van der Waals surface area contributed by atoms with E-state index in [0.717, 1.165) is 25.0 Å². The van der Waals surface area contributed by atoms with Gasteiger partial charge in [0.25, 0.3) is 0 Å². The Morgan fingerprint density at radius 2 is 2.00 bits per heavy atom. The van der Waals surface area contributed by atoms with E-state index >= 15 is 0 Å². The molecule has 3 N–H and O–H groups in total. The third-order valence-electron chi connectivity index (χ3n) is 10.6. The molecule has 9 aliphatic rings. The van der Waals surface area contributed by atoms with Crippen molar-refractivity contribution in [2.45, 2.75) is 75.5 Å². The molecule has 3 saturated heterocycles. The SMILES string of the molecule is C=C1C[C@@]23C[C@@H]4[C@@H]5[C@@]6(C)C[C@H](OC(C)=O)C[C@@]57[C@@H]2[C@H](O)[C@@H]1[C@H](O)[C@]3(O)[C@H]7N4C6. The highest BCUT2D eigenvalue weighted by Gasteiger charge is 2.94. The van der Waals surface area contributed by atoms with Crippen LogP contribution in [0.3, 0.4) is 0 Å². The van der Waals surface area contributed by atoms with E-state index in [4.69, 9.17) is 4.74 Å². The fraction of sp³-hybridized carbons (Fsp3) is 0.864. The van der Waals surface area contributed by atoms with Gasteiger partial charge in [-0.25, -0.2) is 0 Å². The van der Waals surface area contributed by atoms with Gasteiger partial charge in [-0.15, -0.1) is 0 Å². The highest BCUT2D eigenvalue weighted by atomic mass is 16.5. The number of carbonyl (C=O) groups excluding carboxylic acids is 1. The molecule has 1 unspecified atom stereocenters. The van der Waals surface area contributed by atoms with Crippen molar-refractivity contribution in [1.29, 1.82) is 0 Å². The van der Waals surface area contributed by atoms with Gasteiger partial charge in [0.05, 0.1) is 12.2 Å². The summed E-state index contributed by atoms with van der Waals surface area (Å²) in [5, 5.41) is 35.1. The molecule has 6 nitrogen and oxygen atoms in total. The first-order valence-electron chi connectivity index (χ1n) is 10.8. The van der Waals surface area contributed by atoms with Crippen LogP contribution in [0.1, 0.15) is 39.5 Å². The average Bonchev–Trinajstić information content (AvgIpc) is 2.97. The maximum atomic E-state index is 12.2. The first-order chi connectivity index (χ1) is 13.1. The fourth-order valence-corrected chi connectivity index (χ4v) is 11.0. The molecular weight excluding hydrogens is 358 g/mol. The van der Waals surface area contributed by atoms with Crippen LogP contribution in [0.25, 0.3) is 0 Å². The smallest absolute Gasteiger partial charge is 0.302 e. The minimum absolute atomic E-state index is 0.0237. The molecule has 152 valence electrons. The van der Waals surface area contributed by atoms with E-state index in [-0.39, 0.29) is 34.9 Å². The summed E-state index contributed by atoms with van der Waals surface area (Å²) < 4.78 is 5.75. The van der Waals surface area contributed by atoms with Gasteiger partial charge in [-0.2, -0.15) is 0 Å². The molecule has 6 saturated carbocycles. The van der Waals surface area contributed by atoms with E-state index in [1.165, 1.54) is 6.92 Å². The number of aliphatic hydroxyl groups is 3. The molecule has 3 aliphatic heterocycles. The van der Waals surface area contributed by atoms with Crippen molar-refractivity contribution in [3.05, 3.63) is 12.2 Å². The van der Waals surface area contributed by atoms with Crippen molar-refractivity contribution in [2.75, 3.05) is 6.54 Å². The first kappa shape index (κ1) is 16.8. The van der Waals surface area contributed by atoms with Crippen LogP contribution in [0.15, 0.2) is 12.2 Å². The molecule has 13 atom stereocenters. The van der Waals surface area contributed by atoms with E-state index in [2.05, 4.69) is 18.4 Å². The van der Waals surface area contributed by atoms with Gasteiger partial charge in [-0.3, -0.25) is 9.69 Å². The molecule has 9 rings (SSSR count). The molecule has 0 amide bonds. The standard InChI is InChI=1S/C22H29NO5/c1-9-4-20-7-12-15-19(3)5-11(28-10(2)24)6-21(15)16(20)14(25)13(9)17(26)22(20,27)18(21)23(12)8-19/h11-18,25-27H,1,4-8H2,2-3H3/t11-,12+,13+,14+,15+,16+,17-,18-,19-,20+,21-,22-/m0/s1. The zero-order chi connectivity index (χ0) is 19.6. The lowest BCUT2D eigenvalue weighted by Crippen LogP contribution is -2.76. The van der Waals surface area contributed by atoms with E-state index in [0.29, 0.717) is 24.8 Å². The number of rotatable bonds is 1. The van der Waals surface area contributed by atoms with Crippen LogP contribution in [0.4, 0.5) is 0 Å². The van der Waals surface area contributed by atoms with Crippen molar-refractivity contribution >= 4 is 5.97 Å². The first-order valence-corrected chi connectivity index (χ1v) is 10.8. The molecule has 3 heterocycles. The van der Waals surface area contributed by atoms with Gasteiger partial charge >= 0.3 is 5.97 Å². The second-order valence-corrected chi connectivity index (χ2v) is 11.5.